The Morgan fingerprint density at radius 3 is 3.00 bits per heavy atom. The molecule has 1 N–H and O–H groups in total. The zero-order valence-corrected chi connectivity index (χ0v) is 12.4. The lowest BCUT2D eigenvalue weighted by molar-refractivity contribution is 0.199. The SMILES string of the molecule is COCCNCc1ccc(N2CCCC2C)c(C#N)c1. The number of nitrogens with zero attached hydrogens (tertiary/aromatic N) is 2. The second-order valence-electron chi connectivity index (χ2n) is 5.32. The molecule has 1 fully saturated rings. The first-order valence-electron chi connectivity index (χ1n) is 7.25. The number of nitrogens with one attached hydrogen (secondary N) is 1. The first-order valence-corrected chi connectivity index (χ1v) is 7.25. The van der Waals surface area contributed by atoms with Gasteiger partial charge in [0.25, 0.3) is 0 Å². The van der Waals surface area contributed by atoms with Crippen LogP contribution in [0.5, 0.6) is 0 Å². The Morgan fingerprint density at radius 2 is 2.35 bits per heavy atom. The van der Waals surface area contributed by atoms with Gasteiger partial charge in [0, 0.05) is 32.8 Å². The van der Waals surface area contributed by atoms with Gasteiger partial charge >= 0.3 is 0 Å². The molecule has 1 saturated heterocycles. The first-order chi connectivity index (χ1) is 9.76. The molecular formula is C16H23N3O. The van der Waals surface area contributed by atoms with Crippen molar-refractivity contribution >= 4 is 5.69 Å². The number of ether oxygens (including phenoxy) is 1. The first kappa shape index (κ1) is 14.8. The molecule has 20 heavy (non-hydrogen) atoms. The van der Waals surface area contributed by atoms with E-state index in [4.69, 9.17) is 4.74 Å². The summed E-state index contributed by atoms with van der Waals surface area (Å²) in [4.78, 5) is 2.35. The lowest BCUT2D eigenvalue weighted by atomic mass is 10.1. The van der Waals surface area contributed by atoms with E-state index < -0.39 is 0 Å². The molecular weight excluding hydrogens is 250 g/mol. The van der Waals surface area contributed by atoms with Crippen LogP contribution in [0.4, 0.5) is 5.69 Å². The number of nitriles is 1. The van der Waals surface area contributed by atoms with Crippen molar-refractivity contribution in [3.05, 3.63) is 29.3 Å². The fraction of sp³-hybridized carbons (Fsp3) is 0.562. The zero-order chi connectivity index (χ0) is 14.4. The molecule has 0 amide bonds. The van der Waals surface area contributed by atoms with Crippen LogP contribution in [-0.2, 0) is 11.3 Å². The second kappa shape index (κ2) is 7.28. The van der Waals surface area contributed by atoms with Gasteiger partial charge in [0.2, 0.25) is 0 Å². The summed E-state index contributed by atoms with van der Waals surface area (Å²) in [6.45, 7) is 5.58. The highest BCUT2D eigenvalue weighted by Crippen LogP contribution is 2.28. The molecule has 0 saturated carbocycles. The maximum absolute atomic E-state index is 9.38. The van der Waals surface area contributed by atoms with Gasteiger partial charge in [-0.1, -0.05) is 6.07 Å². The summed E-state index contributed by atoms with van der Waals surface area (Å²) in [5.41, 5.74) is 3.01. The van der Waals surface area contributed by atoms with E-state index in [-0.39, 0.29) is 0 Å². The molecule has 1 aromatic carbocycles. The van der Waals surface area contributed by atoms with E-state index in [1.807, 2.05) is 6.07 Å². The number of anilines is 1. The molecule has 0 aliphatic carbocycles. The molecule has 0 spiro atoms. The number of benzene rings is 1. The van der Waals surface area contributed by atoms with Gasteiger partial charge in [-0.15, -0.1) is 0 Å². The predicted octanol–water partition coefficient (Wildman–Crippen LogP) is 2.28. The minimum atomic E-state index is 0.535. The molecule has 1 unspecified atom stereocenters. The molecule has 1 aliphatic heterocycles. The Bertz CT molecular complexity index is 481. The highest BCUT2D eigenvalue weighted by atomic mass is 16.5. The van der Waals surface area contributed by atoms with Gasteiger partial charge in [-0.3, -0.25) is 0 Å². The van der Waals surface area contributed by atoms with Crippen LogP contribution in [-0.4, -0.2) is 32.8 Å². The minimum Gasteiger partial charge on any atom is -0.383 e. The number of rotatable bonds is 6. The molecule has 0 bridgehead atoms. The van der Waals surface area contributed by atoms with Crippen molar-refractivity contribution in [2.45, 2.75) is 32.4 Å². The van der Waals surface area contributed by atoms with E-state index in [0.717, 1.165) is 36.4 Å². The second-order valence-corrected chi connectivity index (χ2v) is 5.32. The zero-order valence-electron chi connectivity index (χ0n) is 12.4. The van der Waals surface area contributed by atoms with E-state index in [0.29, 0.717) is 12.6 Å². The average molecular weight is 273 g/mol. The fourth-order valence-electron chi connectivity index (χ4n) is 2.73. The van der Waals surface area contributed by atoms with Crippen molar-refractivity contribution in [3.63, 3.8) is 0 Å². The van der Waals surface area contributed by atoms with Crippen LogP contribution < -0.4 is 10.2 Å². The molecule has 0 aromatic heterocycles. The van der Waals surface area contributed by atoms with Gasteiger partial charge in [-0.25, -0.2) is 0 Å². The standard InChI is InChI=1S/C16H23N3O/c1-13-4-3-8-19(13)16-6-5-14(10-15(16)11-17)12-18-7-9-20-2/h5-6,10,13,18H,3-4,7-9,12H2,1-2H3. The summed E-state index contributed by atoms with van der Waals surface area (Å²) in [5.74, 6) is 0. The summed E-state index contributed by atoms with van der Waals surface area (Å²) in [5, 5.41) is 12.7. The fourth-order valence-corrected chi connectivity index (χ4v) is 2.73. The minimum absolute atomic E-state index is 0.535. The smallest absolute Gasteiger partial charge is 0.101 e. The predicted molar refractivity (Wildman–Crippen MR) is 80.8 cm³/mol. The van der Waals surface area contributed by atoms with Crippen molar-refractivity contribution in [1.29, 1.82) is 5.26 Å². The molecule has 1 heterocycles. The van der Waals surface area contributed by atoms with Crippen molar-refractivity contribution in [1.82, 2.24) is 5.32 Å². The molecule has 4 heteroatoms. The normalized spacial score (nSPS) is 18.2. The Hall–Kier alpha value is -1.57. The molecule has 108 valence electrons. The summed E-state index contributed by atoms with van der Waals surface area (Å²) >= 11 is 0. The van der Waals surface area contributed by atoms with E-state index in [1.165, 1.54) is 12.8 Å². The van der Waals surface area contributed by atoms with Crippen molar-refractivity contribution in [2.24, 2.45) is 0 Å². The van der Waals surface area contributed by atoms with Crippen LogP contribution in [0.2, 0.25) is 0 Å². The number of hydrogen-bond donors (Lipinski definition) is 1. The van der Waals surface area contributed by atoms with E-state index in [2.05, 4.69) is 35.3 Å². The maximum Gasteiger partial charge on any atom is 0.101 e. The third kappa shape index (κ3) is 3.50. The van der Waals surface area contributed by atoms with Gasteiger partial charge in [-0.05, 0) is 37.5 Å². The van der Waals surface area contributed by atoms with Crippen molar-refractivity contribution in [3.8, 4) is 6.07 Å². The Morgan fingerprint density at radius 1 is 1.50 bits per heavy atom. The van der Waals surface area contributed by atoms with Gasteiger partial charge < -0.3 is 15.0 Å². The van der Waals surface area contributed by atoms with Crippen molar-refractivity contribution < 1.29 is 4.74 Å². The van der Waals surface area contributed by atoms with Gasteiger partial charge in [-0.2, -0.15) is 5.26 Å². The molecule has 2 rings (SSSR count). The summed E-state index contributed by atoms with van der Waals surface area (Å²) < 4.78 is 5.00. The molecule has 0 radical (unpaired) electrons. The molecule has 1 aromatic rings. The monoisotopic (exact) mass is 273 g/mol. The van der Waals surface area contributed by atoms with Crippen molar-refractivity contribution in [2.75, 3.05) is 31.7 Å². The van der Waals surface area contributed by atoms with E-state index >= 15 is 0 Å². The Balaban J connectivity index is 2.06. The average Bonchev–Trinajstić information content (AvgIpc) is 2.89. The van der Waals surface area contributed by atoms with Crippen LogP contribution in [0.15, 0.2) is 18.2 Å². The molecule has 1 aliphatic rings. The maximum atomic E-state index is 9.38. The molecule has 1 atom stereocenters. The number of methoxy groups -OCH3 is 1. The lowest BCUT2D eigenvalue weighted by Gasteiger charge is -2.25. The third-order valence-electron chi connectivity index (χ3n) is 3.86. The summed E-state index contributed by atoms with van der Waals surface area (Å²) in [6.07, 6.45) is 2.43. The van der Waals surface area contributed by atoms with Crippen LogP contribution in [0.1, 0.15) is 30.9 Å². The summed E-state index contributed by atoms with van der Waals surface area (Å²) in [7, 11) is 1.70. The van der Waals surface area contributed by atoms with Gasteiger partial charge in [0.05, 0.1) is 17.9 Å². The Labute approximate surface area is 121 Å². The van der Waals surface area contributed by atoms with Crippen LogP contribution in [0.25, 0.3) is 0 Å². The topological polar surface area (TPSA) is 48.3 Å². The van der Waals surface area contributed by atoms with Crippen LogP contribution in [0.3, 0.4) is 0 Å². The van der Waals surface area contributed by atoms with Crippen LogP contribution >= 0.6 is 0 Å². The lowest BCUT2D eigenvalue weighted by Crippen LogP contribution is -2.27. The highest BCUT2D eigenvalue weighted by Gasteiger charge is 2.22. The van der Waals surface area contributed by atoms with Gasteiger partial charge in [0.15, 0.2) is 0 Å². The Kier molecular flexibility index (Phi) is 5.40. The largest absolute Gasteiger partial charge is 0.383 e. The number of hydrogen-bond acceptors (Lipinski definition) is 4. The van der Waals surface area contributed by atoms with E-state index in [1.54, 1.807) is 7.11 Å². The van der Waals surface area contributed by atoms with Gasteiger partial charge in [0.1, 0.15) is 6.07 Å². The highest BCUT2D eigenvalue weighted by molar-refractivity contribution is 5.61. The third-order valence-corrected chi connectivity index (χ3v) is 3.86. The van der Waals surface area contributed by atoms with Crippen LogP contribution in [0, 0.1) is 11.3 Å². The van der Waals surface area contributed by atoms with E-state index in [9.17, 15) is 5.26 Å². The molecule has 4 nitrogen and oxygen atoms in total. The quantitative estimate of drug-likeness (QED) is 0.808. The summed E-state index contributed by atoms with van der Waals surface area (Å²) in [6, 6.07) is 9.08.